The van der Waals surface area contributed by atoms with Gasteiger partial charge in [0.1, 0.15) is 11.0 Å². The Labute approximate surface area is 213 Å². The molecule has 2 heterocycles. The zero-order valence-corrected chi connectivity index (χ0v) is 23.9. The van der Waals surface area contributed by atoms with E-state index in [2.05, 4.69) is 97.1 Å². The zero-order valence-electron chi connectivity index (χ0n) is 21.0. The third-order valence-corrected chi connectivity index (χ3v) is 11.8. The fourth-order valence-electron chi connectivity index (χ4n) is 4.97. The van der Waals surface area contributed by atoms with Crippen molar-refractivity contribution < 1.29 is 25.9 Å². The average molecular weight is 524 g/mol. The quantitative estimate of drug-likeness (QED) is 0.290. The summed E-state index contributed by atoms with van der Waals surface area (Å²) in [5.74, 6) is 0. The van der Waals surface area contributed by atoms with E-state index in [1.54, 1.807) is 12.5 Å². The number of hydrogen-bond donors (Lipinski definition) is 0. The van der Waals surface area contributed by atoms with Gasteiger partial charge in [-0.1, -0.05) is 92.8 Å². The minimum atomic E-state index is -0.776. The van der Waals surface area contributed by atoms with Crippen LogP contribution in [0.2, 0.25) is 0 Å². The molecular weight excluding hydrogens is 486 g/mol. The molecule has 0 spiro atoms. The summed E-state index contributed by atoms with van der Waals surface area (Å²) in [6, 6.07) is 8.14. The minimum Gasteiger partial charge on any atom is -0.464 e. The fraction of sp³-hybridized carbons (Fsp3) is 0.429. The predicted octanol–water partition coefficient (Wildman–Crippen LogP) is 8.49. The molecule has 2 aromatic rings. The molecule has 0 fully saturated rings. The number of rotatable bonds is 5. The molecule has 0 saturated heterocycles. The Morgan fingerprint density at radius 2 is 1.30 bits per heavy atom. The van der Waals surface area contributed by atoms with Gasteiger partial charge in [-0.2, -0.15) is 0 Å². The molecule has 5 heteroatoms. The molecule has 33 heavy (non-hydrogen) atoms. The normalized spacial score (nSPS) is 16.4. The first-order chi connectivity index (χ1) is 15.1. The Bertz CT molecular complexity index is 910. The second-order valence-electron chi connectivity index (χ2n) is 10.2. The second-order valence-corrected chi connectivity index (χ2v) is 16.4. The summed E-state index contributed by atoms with van der Waals surface area (Å²) in [6.07, 6.45) is 18.9. The van der Waals surface area contributed by atoms with Crippen LogP contribution < -0.4 is 11.0 Å². The van der Waals surface area contributed by atoms with Gasteiger partial charge < -0.3 is 8.83 Å². The van der Waals surface area contributed by atoms with Crippen molar-refractivity contribution >= 4 is 26.8 Å². The van der Waals surface area contributed by atoms with E-state index in [0.29, 0.717) is 16.0 Å². The van der Waals surface area contributed by atoms with Crippen molar-refractivity contribution in [3.8, 4) is 0 Å². The monoisotopic (exact) mass is 524 g/mol. The van der Waals surface area contributed by atoms with Gasteiger partial charge >= 0.3 is 0 Å². The molecule has 0 bridgehead atoms. The van der Waals surface area contributed by atoms with Crippen LogP contribution in [0.4, 0.5) is 0 Å². The summed E-state index contributed by atoms with van der Waals surface area (Å²) in [5.41, 5.74) is 4.07. The summed E-state index contributed by atoms with van der Waals surface area (Å²) in [5, 5.41) is 2.00. The first-order valence-corrected chi connectivity index (χ1v) is 14.2. The first kappa shape index (κ1) is 28.1. The maximum Gasteiger partial charge on any atom is 0.137 e. The third kappa shape index (κ3) is 7.19. The van der Waals surface area contributed by atoms with Crippen LogP contribution >= 0.6 is 15.8 Å². The molecule has 2 aliphatic carbocycles. The number of furan rings is 2. The molecule has 2 aliphatic rings. The van der Waals surface area contributed by atoms with Crippen LogP contribution in [0.1, 0.15) is 61.3 Å². The third-order valence-electron chi connectivity index (χ3n) is 5.58. The summed E-state index contributed by atoms with van der Waals surface area (Å²) in [4.78, 5) is 0. The van der Waals surface area contributed by atoms with Crippen molar-refractivity contribution in [1.29, 1.82) is 0 Å². The van der Waals surface area contributed by atoms with E-state index in [-0.39, 0.29) is 25.0 Å². The molecule has 1 atom stereocenters. The van der Waals surface area contributed by atoms with Crippen LogP contribution in [0.5, 0.6) is 0 Å². The molecule has 0 N–H and O–H groups in total. The van der Waals surface area contributed by atoms with Crippen molar-refractivity contribution in [2.75, 3.05) is 0 Å². The molecule has 0 aromatic carbocycles. The van der Waals surface area contributed by atoms with Crippen LogP contribution in [-0.2, 0) is 17.1 Å². The van der Waals surface area contributed by atoms with Gasteiger partial charge in [-0.25, -0.2) is 0 Å². The summed E-state index contributed by atoms with van der Waals surface area (Å²) >= 11 is 0. The summed E-state index contributed by atoms with van der Waals surface area (Å²) in [6.45, 7) is 16.9. The molecule has 0 unspecified atom stereocenters. The Hall–Kier alpha value is -1.10. The SMILES string of the molecule is C1=CCC=C1.C[C@H](C1=CCC=C1P(c1ccco1)c1ccco1)P(C(C)(C)C)C(C)(C)C.[Fe]. The summed E-state index contributed by atoms with van der Waals surface area (Å²) < 4.78 is 11.7. The Morgan fingerprint density at radius 1 is 0.788 bits per heavy atom. The maximum atomic E-state index is 5.86. The van der Waals surface area contributed by atoms with E-state index >= 15 is 0 Å². The van der Waals surface area contributed by atoms with Crippen molar-refractivity contribution in [3.05, 3.63) is 84.1 Å². The van der Waals surface area contributed by atoms with Gasteiger partial charge in [-0.3, -0.25) is 0 Å². The second kappa shape index (κ2) is 12.0. The van der Waals surface area contributed by atoms with Crippen molar-refractivity contribution in [3.63, 3.8) is 0 Å². The smallest absolute Gasteiger partial charge is 0.137 e. The Morgan fingerprint density at radius 3 is 1.67 bits per heavy atom. The largest absolute Gasteiger partial charge is 0.464 e. The number of allylic oxidation sites excluding steroid dienone is 8. The number of hydrogen-bond acceptors (Lipinski definition) is 2. The van der Waals surface area contributed by atoms with Crippen molar-refractivity contribution in [2.24, 2.45) is 0 Å². The van der Waals surface area contributed by atoms with Gasteiger partial charge in [-0.15, -0.1) is 0 Å². The van der Waals surface area contributed by atoms with Gasteiger partial charge in [0.25, 0.3) is 0 Å². The molecule has 0 saturated carbocycles. The molecule has 180 valence electrons. The summed E-state index contributed by atoms with van der Waals surface area (Å²) in [7, 11) is -1.02. The van der Waals surface area contributed by atoms with E-state index in [0.717, 1.165) is 23.8 Å². The molecule has 0 aliphatic heterocycles. The van der Waals surface area contributed by atoms with Crippen LogP contribution in [0.15, 0.2) is 93.0 Å². The van der Waals surface area contributed by atoms with Gasteiger partial charge in [0.2, 0.25) is 0 Å². The zero-order chi connectivity index (χ0) is 23.4. The van der Waals surface area contributed by atoms with Crippen molar-refractivity contribution in [1.82, 2.24) is 0 Å². The molecule has 4 rings (SSSR count). The van der Waals surface area contributed by atoms with Gasteiger partial charge in [0.05, 0.1) is 20.4 Å². The Balaban J connectivity index is 0.000000568. The molecule has 0 amide bonds. The van der Waals surface area contributed by atoms with Gasteiger partial charge in [0, 0.05) is 22.7 Å². The van der Waals surface area contributed by atoms with E-state index in [1.165, 1.54) is 10.9 Å². The van der Waals surface area contributed by atoms with Crippen LogP contribution in [0.3, 0.4) is 0 Å². The van der Waals surface area contributed by atoms with E-state index in [9.17, 15) is 0 Å². The first-order valence-electron chi connectivity index (χ1n) is 11.5. The van der Waals surface area contributed by atoms with Gasteiger partial charge in [-0.05, 0) is 58.3 Å². The molecule has 0 radical (unpaired) electrons. The topological polar surface area (TPSA) is 26.3 Å². The van der Waals surface area contributed by atoms with E-state index in [4.69, 9.17) is 8.83 Å². The molecular formula is C28H38FeO2P2. The van der Waals surface area contributed by atoms with E-state index in [1.807, 2.05) is 12.1 Å². The fourth-order valence-corrected chi connectivity index (χ4v) is 12.3. The maximum absolute atomic E-state index is 5.86. The van der Waals surface area contributed by atoms with Crippen LogP contribution in [0.25, 0.3) is 0 Å². The van der Waals surface area contributed by atoms with Gasteiger partial charge in [0.15, 0.2) is 0 Å². The minimum absolute atomic E-state index is 0. The average Bonchev–Trinajstić information content (AvgIpc) is 3.48. The molecule has 2 aromatic heterocycles. The predicted molar refractivity (Wildman–Crippen MR) is 143 cm³/mol. The molecule has 2 nitrogen and oxygen atoms in total. The Kier molecular flexibility index (Phi) is 10.3. The van der Waals surface area contributed by atoms with Crippen LogP contribution in [0, 0.1) is 0 Å². The van der Waals surface area contributed by atoms with E-state index < -0.39 is 7.92 Å². The van der Waals surface area contributed by atoms with Crippen molar-refractivity contribution in [2.45, 2.75) is 77.3 Å². The van der Waals surface area contributed by atoms with Crippen LogP contribution in [-0.4, -0.2) is 16.0 Å². The standard InChI is InChI=1S/C23H32O2P2.C5H6.Fe/c1-17(27(22(2,3)4)23(5,6)7)18-11-8-12-19(18)26(20-13-9-15-24-20)21-14-10-16-25-21;1-2-4-5-3-1;/h9-17H,8H2,1-7H3;1-4H,5H2;/t17-;;/m1../s1.